The molecule has 27 heavy (non-hydrogen) atoms. The van der Waals surface area contributed by atoms with Gasteiger partial charge in [-0.15, -0.1) is 0 Å². The predicted octanol–water partition coefficient (Wildman–Crippen LogP) is 3.35. The standard InChI is InChI=1S/C19H22ClN5O2/c1-12-17(20)10-24(22-12)11-18(26)21-19-13(2)23-25(14(19)3)9-15-6-5-7-16(8-15)27-4/h5-8,10H,9,11H2,1-4H3,(H,21,26). The summed E-state index contributed by atoms with van der Waals surface area (Å²) in [5.74, 6) is 0.622. The second kappa shape index (κ2) is 7.84. The molecule has 3 rings (SSSR count). The topological polar surface area (TPSA) is 74.0 Å². The van der Waals surface area contributed by atoms with Gasteiger partial charge in [0.1, 0.15) is 12.3 Å². The Labute approximate surface area is 162 Å². The van der Waals surface area contributed by atoms with Gasteiger partial charge in [-0.2, -0.15) is 10.2 Å². The molecule has 0 fully saturated rings. The molecule has 0 saturated carbocycles. The van der Waals surface area contributed by atoms with E-state index in [4.69, 9.17) is 16.3 Å². The molecule has 2 heterocycles. The summed E-state index contributed by atoms with van der Waals surface area (Å²) in [6.45, 7) is 6.29. The summed E-state index contributed by atoms with van der Waals surface area (Å²) in [4.78, 5) is 12.4. The Morgan fingerprint density at radius 2 is 2.00 bits per heavy atom. The van der Waals surface area contributed by atoms with Gasteiger partial charge in [-0.3, -0.25) is 14.2 Å². The van der Waals surface area contributed by atoms with Gasteiger partial charge >= 0.3 is 0 Å². The van der Waals surface area contributed by atoms with Crippen molar-refractivity contribution < 1.29 is 9.53 Å². The largest absolute Gasteiger partial charge is 0.497 e. The van der Waals surface area contributed by atoms with Crippen LogP contribution in [0.25, 0.3) is 0 Å². The number of benzene rings is 1. The van der Waals surface area contributed by atoms with E-state index in [1.165, 1.54) is 4.68 Å². The summed E-state index contributed by atoms with van der Waals surface area (Å²) in [6.07, 6.45) is 1.64. The number of ether oxygens (including phenoxy) is 1. The maximum Gasteiger partial charge on any atom is 0.246 e. The van der Waals surface area contributed by atoms with Gasteiger partial charge in [0.15, 0.2) is 0 Å². The lowest BCUT2D eigenvalue weighted by atomic mass is 10.2. The highest BCUT2D eigenvalue weighted by Gasteiger charge is 2.15. The molecule has 142 valence electrons. The Bertz CT molecular complexity index is 957. The maximum absolute atomic E-state index is 12.4. The van der Waals surface area contributed by atoms with Crippen molar-refractivity contribution in [2.45, 2.75) is 33.9 Å². The molecular weight excluding hydrogens is 366 g/mol. The minimum atomic E-state index is -0.179. The second-order valence-electron chi connectivity index (χ2n) is 6.36. The van der Waals surface area contributed by atoms with Gasteiger partial charge in [-0.25, -0.2) is 0 Å². The quantitative estimate of drug-likeness (QED) is 0.703. The van der Waals surface area contributed by atoms with Gasteiger partial charge in [0, 0.05) is 6.20 Å². The minimum Gasteiger partial charge on any atom is -0.497 e. The zero-order chi connectivity index (χ0) is 19.6. The molecule has 0 bridgehead atoms. The number of carbonyl (C=O) groups excluding carboxylic acids is 1. The molecule has 0 unspecified atom stereocenters. The fraction of sp³-hybridized carbons (Fsp3) is 0.316. The third-order valence-electron chi connectivity index (χ3n) is 4.30. The molecule has 8 heteroatoms. The smallest absolute Gasteiger partial charge is 0.246 e. The van der Waals surface area contributed by atoms with E-state index in [1.807, 2.05) is 42.8 Å². The average molecular weight is 388 g/mol. The number of aryl methyl sites for hydroxylation is 2. The third kappa shape index (κ3) is 4.31. The van der Waals surface area contributed by atoms with Gasteiger partial charge in [0.05, 0.1) is 41.4 Å². The molecule has 0 aliphatic heterocycles. The van der Waals surface area contributed by atoms with E-state index in [2.05, 4.69) is 15.5 Å². The molecule has 1 amide bonds. The lowest BCUT2D eigenvalue weighted by Crippen LogP contribution is -2.20. The normalized spacial score (nSPS) is 10.9. The van der Waals surface area contributed by atoms with Gasteiger partial charge in [-0.1, -0.05) is 23.7 Å². The molecule has 0 radical (unpaired) electrons. The van der Waals surface area contributed by atoms with Crippen LogP contribution < -0.4 is 10.1 Å². The summed E-state index contributed by atoms with van der Waals surface area (Å²) in [5.41, 5.74) is 4.14. The number of amides is 1. The fourth-order valence-electron chi connectivity index (χ4n) is 2.88. The van der Waals surface area contributed by atoms with Crippen LogP contribution in [-0.2, 0) is 17.9 Å². The number of anilines is 1. The Morgan fingerprint density at radius 1 is 1.22 bits per heavy atom. The average Bonchev–Trinajstić information content (AvgIpc) is 3.08. The second-order valence-corrected chi connectivity index (χ2v) is 6.77. The van der Waals surface area contributed by atoms with Crippen molar-refractivity contribution in [3.8, 4) is 5.75 Å². The molecule has 0 aliphatic carbocycles. The predicted molar refractivity (Wildman–Crippen MR) is 104 cm³/mol. The first kappa shape index (κ1) is 19.0. The molecule has 1 N–H and O–H groups in total. The van der Waals surface area contributed by atoms with Crippen LogP contribution in [0.3, 0.4) is 0 Å². The van der Waals surface area contributed by atoms with Crippen LogP contribution in [-0.4, -0.2) is 32.6 Å². The van der Waals surface area contributed by atoms with E-state index in [9.17, 15) is 4.79 Å². The summed E-state index contributed by atoms with van der Waals surface area (Å²) in [7, 11) is 1.64. The van der Waals surface area contributed by atoms with Crippen molar-refractivity contribution in [1.29, 1.82) is 0 Å². The van der Waals surface area contributed by atoms with E-state index < -0.39 is 0 Å². The molecule has 1 aromatic carbocycles. The van der Waals surface area contributed by atoms with Crippen LogP contribution in [0.5, 0.6) is 5.75 Å². The van der Waals surface area contributed by atoms with Crippen molar-refractivity contribution in [3.05, 3.63) is 58.1 Å². The minimum absolute atomic E-state index is 0.0908. The zero-order valence-corrected chi connectivity index (χ0v) is 16.5. The summed E-state index contributed by atoms with van der Waals surface area (Å²) in [5, 5.41) is 12.2. The molecule has 0 aliphatic rings. The van der Waals surface area contributed by atoms with E-state index in [0.717, 1.165) is 28.4 Å². The molecule has 0 atom stereocenters. The van der Waals surface area contributed by atoms with E-state index >= 15 is 0 Å². The van der Waals surface area contributed by atoms with Gasteiger partial charge in [0.25, 0.3) is 0 Å². The highest BCUT2D eigenvalue weighted by molar-refractivity contribution is 6.31. The third-order valence-corrected chi connectivity index (χ3v) is 4.68. The van der Waals surface area contributed by atoms with Crippen molar-refractivity contribution in [2.75, 3.05) is 12.4 Å². The van der Waals surface area contributed by atoms with Crippen molar-refractivity contribution >= 4 is 23.2 Å². The van der Waals surface area contributed by atoms with Crippen LogP contribution in [0.1, 0.15) is 22.6 Å². The summed E-state index contributed by atoms with van der Waals surface area (Å²) >= 11 is 5.99. The lowest BCUT2D eigenvalue weighted by Gasteiger charge is -2.08. The van der Waals surface area contributed by atoms with Crippen molar-refractivity contribution in [1.82, 2.24) is 19.6 Å². The van der Waals surface area contributed by atoms with Crippen LogP contribution in [0.15, 0.2) is 30.5 Å². The molecular formula is C19H22ClN5O2. The lowest BCUT2D eigenvalue weighted by molar-refractivity contribution is -0.116. The first-order chi connectivity index (χ1) is 12.9. The number of rotatable bonds is 6. The maximum atomic E-state index is 12.4. The molecule has 0 saturated heterocycles. The fourth-order valence-corrected chi connectivity index (χ4v) is 3.03. The number of carbonyl (C=O) groups is 1. The Kier molecular flexibility index (Phi) is 5.51. The first-order valence-electron chi connectivity index (χ1n) is 8.53. The number of hydrogen-bond donors (Lipinski definition) is 1. The number of nitrogens with one attached hydrogen (secondary N) is 1. The highest BCUT2D eigenvalue weighted by Crippen LogP contribution is 2.22. The van der Waals surface area contributed by atoms with Crippen LogP contribution in [0.4, 0.5) is 5.69 Å². The molecule has 2 aromatic heterocycles. The Morgan fingerprint density at radius 3 is 2.67 bits per heavy atom. The molecule has 0 spiro atoms. The Hall–Kier alpha value is -2.80. The van der Waals surface area contributed by atoms with Gasteiger partial charge in [-0.05, 0) is 38.5 Å². The van der Waals surface area contributed by atoms with Gasteiger partial charge < -0.3 is 10.1 Å². The van der Waals surface area contributed by atoms with E-state index in [0.29, 0.717) is 17.3 Å². The summed E-state index contributed by atoms with van der Waals surface area (Å²) in [6, 6.07) is 7.83. The summed E-state index contributed by atoms with van der Waals surface area (Å²) < 4.78 is 8.66. The van der Waals surface area contributed by atoms with E-state index in [1.54, 1.807) is 20.2 Å². The highest BCUT2D eigenvalue weighted by atomic mass is 35.5. The molecule has 3 aromatic rings. The number of halogens is 1. The number of nitrogens with zero attached hydrogens (tertiary/aromatic N) is 4. The van der Waals surface area contributed by atoms with Crippen molar-refractivity contribution in [3.63, 3.8) is 0 Å². The number of methoxy groups -OCH3 is 1. The van der Waals surface area contributed by atoms with Crippen LogP contribution in [0.2, 0.25) is 5.02 Å². The van der Waals surface area contributed by atoms with Gasteiger partial charge in [0.2, 0.25) is 5.91 Å². The Balaban J connectivity index is 1.73. The van der Waals surface area contributed by atoms with E-state index in [-0.39, 0.29) is 12.5 Å². The van der Waals surface area contributed by atoms with Crippen LogP contribution >= 0.6 is 11.6 Å². The number of hydrogen-bond acceptors (Lipinski definition) is 4. The SMILES string of the molecule is COc1cccc(Cn2nc(C)c(NC(=O)Cn3cc(Cl)c(C)n3)c2C)c1. The number of aromatic nitrogens is 4. The first-order valence-corrected chi connectivity index (χ1v) is 8.91. The van der Waals surface area contributed by atoms with Crippen molar-refractivity contribution in [2.24, 2.45) is 0 Å². The zero-order valence-electron chi connectivity index (χ0n) is 15.8. The molecule has 7 nitrogen and oxygen atoms in total. The monoisotopic (exact) mass is 387 g/mol. The van der Waals surface area contributed by atoms with Crippen LogP contribution in [0, 0.1) is 20.8 Å².